The van der Waals surface area contributed by atoms with Crippen LogP contribution in [0.3, 0.4) is 0 Å². The van der Waals surface area contributed by atoms with Crippen molar-refractivity contribution < 1.29 is 35.1 Å². The summed E-state index contributed by atoms with van der Waals surface area (Å²) in [5.41, 5.74) is -0.624. The summed E-state index contributed by atoms with van der Waals surface area (Å²) in [5, 5.41) is 33.5. The molecular formula is C16H6F4N4O4S. The second-order valence-electron chi connectivity index (χ2n) is 4.52. The molecule has 0 spiro atoms. The third-order valence-corrected chi connectivity index (χ3v) is 2.60. The number of hydrogen-bond acceptors (Lipinski definition) is 6. The average Bonchev–Trinajstić information content (AvgIpc) is 2.64. The Balaban J connectivity index is 0.000000442. The molecule has 8 nitrogen and oxygen atoms in total. The first kappa shape index (κ1) is 25.0. The Morgan fingerprint density at radius 3 is 0.828 bits per heavy atom. The summed E-state index contributed by atoms with van der Waals surface area (Å²) in [6, 6.07) is 9.15. The zero-order valence-electron chi connectivity index (χ0n) is 13.7. The summed E-state index contributed by atoms with van der Waals surface area (Å²) >= 11 is 0. The van der Waals surface area contributed by atoms with Crippen molar-refractivity contribution in [3.63, 3.8) is 0 Å². The van der Waals surface area contributed by atoms with E-state index in [4.69, 9.17) is 38.6 Å². The van der Waals surface area contributed by atoms with Gasteiger partial charge in [0.15, 0.2) is 23.3 Å². The number of rotatable bonds is 0. The lowest BCUT2D eigenvalue weighted by atomic mass is 10.1. The Bertz CT molecular complexity index is 1020. The van der Waals surface area contributed by atoms with Gasteiger partial charge in [0.2, 0.25) is 0 Å². The maximum absolute atomic E-state index is 12.4. The predicted molar refractivity (Wildman–Crippen MR) is 85.8 cm³/mol. The van der Waals surface area contributed by atoms with Gasteiger partial charge < -0.3 is 0 Å². The van der Waals surface area contributed by atoms with Crippen LogP contribution in [0.5, 0.6) is 0 Å². The highest BCUT2D eigenvalue weighted by Crippen LogP contribution is 2.13. The van der Waals surface area contributed by atoms with Crippen molar-refractivity contribution in [2.24, 2.45) is 0 Å². The Labute approximate surface area is 161 Å². The van der Waals surface area contributed by atoms with Crippen molar-refractivity contribution in [3.8, 4) is 24.3 Å². The zero-order valence-corrected chi connectivity index (χ0v) is 14.5. The average molecular weight is 426 g/mol. The van der Waals surface area contributed by atoms with Crippen LogP contribution in [0.2, 0.25) is 0 Å². The summed E-state index contributed by atoms with van der Waals surface area (Å²) in [7, 11) is -4.67. The first-order valence-electron chi connectivity index (χ1n) is 6.66. The Morgan fingerprint density at radius 1 is 0.586 bits per heavy atom. The van der Waals surface area contributed by atoms with E-state index in [0.29, 0.717) is 24.3 Å². The highest BCUT2D eigenvalue weighted by atomic mass is 32.3. The van der Waals surface area contributed by atoms with E-state index in [1.807, 2.05) is 0 Å². The normalized spacial score (nSPS) is 9.17. The molecule has 0 aliphatic carbocycles. The highest BCUT2D eigenvalue weighted by Gasteiger charge is 2.09. The van der Waals surface area contributed by atoms with Crippen molar-refractivity contribution >= 4 is 10.4 Å². The molecule has 0 aromatic heterocycles. The molecule has 0 heterocycles. The van der Waals surface area contributed by atoms with Crippen LogP contribution in [-0.4, -0.2) is 17.5 Å². The van der Waals surface area contributed by atoms with E-state index in [2.05, 4.69) is 0 Å². The molecule has 0 fully saturated rings. The van der Waals surface area contributed by atoms with E-state index in [1.54, 1.807) is 24.3 Å². The van der Waals surface area contributed by atoms with Crippen molar-refractivity contribution in [1.82, 2.24) is 0 Å². The van der Waals surface area contributed by atoms with Crippen molar-refractivity contribution in [2.45, 2.75) is 0 Å². The second-order valence-corrected chi connectivity index (χ2v) is 5.41. The van der Waals surface area contributed by atoms with Crippen LogP contribution in [0.4, 0.5) is 17.6 Å². The molecule has 0 atom stereocenters. The molecule has 148 valence electrons. The van der Waals surface area contributed by atoms with Crippen LogP contribution in [0.1, 0.15) is 22.3 Å². The summed E-state index contributed by atoms with van der Waals surface area (Å²) < 4.78 is 81.4. The Morgan fingerprint density at radius 2 is 0.724 bits per heavy atom. The van der Waals surface area contributed by atoms with Crippen molar-refractivity contribution in [2.75, 3.05) is 0 Å². The smallest absolute Gasteiger partial charge is 0.264 e. The van der Waals surface area contributed by atoms with Gasteiger partial charge in [0.25, 0.3) is 0 Å². The highest BCUT2D eigenvalue weighted by molar-refractivity contribution is 7.79. The third kappa shape index (κ3) is 8.96. The number of nitrogens with zero attached hydrogens (tertiary/aromatic N) is 4. The van der Waals surface area contributed by atoms with Crippen LogP contribution in [0.25, 0.3) is 0 Å². The van der Waals surface area contributed by atoms with E-state index in [0.717, 1.165) is 0 Å². The van der Waals surface area contributed by atoms with E-state index in [-0.39, 0.29) is 22.3 Å². The van der Waals surface area contributed by atoms with Crippen LogP contribution < -0.4 is 0 Å². The number of halogens is 4. The van der Waals surface area contributed by atoms with E-state index in [9.17, 15) is 17.6 Å². The molecule has 0 saturated heterocycles. The maximum atomic E-state index is 12.4. The van der Waals surface area contributed by atoms with Crippen LogP contribution in [0.15, 0.2) is 24.3 Å². The van der Waals surface area contributed by atoms with Gasteiger partial charge in [-0.25, -0.2) is 17.6 Å². The van der Waals surface area contributed by atoms with Gasteiger partial charge in [0, 0.05) is 0 Å². The van der Waals surface area contributed by atoms with Gasteiger partial charge in [-0.05, 0) is 24.3 Å². The predicted octanol–water partition coefficient (Wildman–Crippen LogP) is 2.76. The fraction of sp³-hybridized carbons (Fsp3) is 0. The quantitative estimate of drug-likeness (QED) is 0.478. The lowest BCUT2D eigenvalue weighted by Crippen LogP contribution is -1.90. The molecular weight excluding hydrogens is 420 g/mol. The van der Waals surface area contributed by atoms with Gasteiger partial charge in [-0.1, -0.05) is 0 Å². The summed E-state index contributed by atoms with van der Waals surface area (Å²) in [6.07, 6.45) is 0. The van der Waals surface area contributed by atoms with E-state index >= 15 is 0 Å². The zero-order chi connectivity index (χ0) is 22.8. The topological polar surface area (TPSA) is 170 Å². The number of nitriles is 4. The molecule has 2 rings (SSSR count). The van der Waals surface area contributed by atoms with Crippen LogP contribution in [0, 0.1) is 68.6 Å². The fourth-order valence-electron chi connectivity index (χ4n) is 1.46. The van der Waals surface area contributed by atoms with Crippen molar-refractivity contribution in [3.05, 3.63) is 69.8 Å². The molecule has 29 heavy (non-hydrogen) atoms. The number of benzene rings is 2. The van der Waals surface area contributed by atoms with E-state index < -0.39 is 33.7 Å². The molecule has 0 aliphatic heterocycles. The molecule has 2 N–H and O–H groups in total. The van der Waals surface area contributed by atoms with Gasteiger partial charge in [-0.3, -0.25) is 9.11 Å². The molecule has 0 amide bonds. The van der Waals surface area contributed by atoms with Gasteiger partial charge in [0.1, 0.15) is 24.3 Å². The Hall–Kier alpha value is -4.01. The fourth-order valence-corrected chi connectivity index (χ4v) is 1.46. The second kappa shape index (κ2) is 11.0. The SMILES string of the molecule is N#Cc1cc(F)c(F)cc1C#N.N#Cc1cc(F)c(F)cc1C#N.O=S(=O)(O)O. The lowest BCUT2D eigenvalue weighted by Gasteiger charge is -1.94. The number of hydrogen-bond donors (Lipinski definition) is 2. The summed E-state index contributed by atoms with van der Waals surface area (Å²) in [4.78, 5) is 0. The molecule has 0 bridgehead atoms. The first-order chi connectivity index (χ1) is 13.4. The minimum atomic E-state index is -4.67. The first-order valence-corrected chi connectivity index (χ1v) is 8.06. The molecule has 13 heteroatoms. The van der Waals surface area contributed by atoms with Gasteiger partial charge in [-0.2, -0.15) is 29.5 Å². The minimum Gasteiger partial charge on any atom is -0.264 e. The molecule has 2 aromatic carbocycles. The van der Waals surface area contributed by atoms with Gasteiger partial charge in [0.05, 0.1) is 22.3 Å². The standard InChI is InChI=1S/2C8H2F2N2.H2O4S/c2*9-7-1-5(3-11)6(4-12)2-8(7)10;1-5(2,3)4/h2*1-2H;(H2,1,2,3,4). The molecule has 0 aliphatic rings. The maximum Gasteiger partial charge on any atom is 0.394 e. The van der Waals surface area contributed by atoms with E-state index in [1.165, 1.54) is 0 Å². The monoisotopic (exact) mass is 426 g/mol. The minimum absolute atomic E-state index is 0.156. The van der Waals surface area contributed by atoms with Crippen LogP contribution in [-0.2, 0) is 10.4 Å². The largest absolute Gasteiger partial charge is 0.394 e. The molecule has 0 radical (unpaired) electrons. The molecule has 0 unspecified atom stereocenters. The lowest BCUT2D eigenvalue weighted by molar-refractivity contribution is 0.381. The van der Waals surface area contributed by atoms with Gasteiger partial charge in [-0.15, -0.1) is 0 Å². The third-order valence-electron chi connectivity index (χ3n) is 2.60. The summed E-state index contributed by atoms with van der Waals surface area (Å²) in [5.74, 6) is -4.48. The summed E-state index contributed by atoms with van der Waals surface area (Å²) in [6.45, 7) is 0. The molecule has 2 aromatic rings. The van der Waals surface area contributed by atoms with Crippen molar-refractivity contribution in [1.29, 1.82) is 21.0 Å². The Kier molecular flexibility index (Phi) is 9.46. The molecule has 0 saturated carbocycles. The van der Waals surface area contributed by atoms with Gasteiger partial charge >= 0.3 is 10.4 Å². The van der Waals surface area contributed by atoms with Crippen LogP contribution >= 0.6 is 0 Å².